The van der Waals surface area contributed by atoms with Crippen LogP contribution in [0.1, 0.15) is 35.9 Å². The van der Waals surface area contributed by atoms with Crippen molar-refractivity contribution < 1.29 is 0 Å². The number of benzene rings is 1. The number of hydrogen-bond acceptors (Lipinski definition) is 1. The lowest BCUT2D eigenvalue weighted by atomic mass is 9.94. The van der Waals surface area contributed by atoms with Gasteiger partial charge in [-0.25, -0.2) is 0 Å². The molecule has 1 aromatic heterocycles. The number of pyridine rings is 1. The van der Waals surface area contributed by atoms with Crippen LogP contribution in [0, 0.1) is 19.8 Å². The summed E-state index contributed by atoms with van der Waals surface area (Å²) in [7, 11) is 0. The van der Waals surface area contributed by atoms with Gasteiger partial charge < -0.3 is 0 Å². The van der Waals surface area contributed by atoms with E-state index in [9.17, 15) is 0 Å². The van der Waals surface area contributed by atoms with Crippen LogP contribution in [0.3, 0.4) is 0 Å². The zero-order chi connectivity index (χ0) is 13.5. The molecule has 0 saturated heterocycles. The highest BCUT2D eigenvalue weighted by atomic mass is 14.7. The minimum Gasteiger partial charge on any atom is -0.258 e. The van der Waals surface area contributed by atoms with Crippen LogP contribution in [0.25, 0.3) is 0 Å². The van der Waals surface area contributed by atoms with Gasteiger partial charge in [-0.1, -0.05) is 37.3 Å². The molecule has 1 aliphatic rings. The largest absolute Gasteiger partial charge is 0.258 e. The summed E-state index contributed by atoms with van der Waals surface area (Å²) in [5, 5.41) is 0. The Balaban J connectivity index is 1.77. The molecule has 0 unspecified atom stereocenters. The number of aryl methyl sites for hydroxylation is 2. The van der Waals surface area contributed by atoms with Gasteiger partial charge in [-0.2, -0.15) is 0 Å². The summed E-state index contributed by atoms with van der Waals surface area (Å²) in [6.07, 6.45) is 2.39. The molecule has 1 aromatic carbocycles. The first kappa shape index (κ1) is 12.4. The molecule has 1 saturated carbocycles. The Hall–Kier alpha value is -1.63. The third kappa shape index (κ3) is 2.42. The average molecular weight is 251 g/mol. The fourth-order valence-electron chi connectivity index (χ4n) is 3.20. The predicted octanol–water partition coefficient (Wildman–Crippen LogP) is 4.22. The van der Waals surface area contributed by atoms with E-state index in [0.717, 1.165) is 18.0 Å². The summed E-state index contributed by atoms with van der Waals surface area (Å²) in [6, 6.07) is 15.3. The second kappa shape index (κ2) is 4.48. The highest BCUT2D eigenvalue weighted by Crippen LogP contribution is 2.55. The fraction of sp³-hybridized carbons (Fsp3) is 0.389. The van der Waals surface area contributed by atoms with Crippen LogP contribution in [0.2, 0.25) is 0 Å². The molecule has 0 aliphatic heterocycles. The molecule has 98 valence electrons. The standard InChI is InChI=1S/C18H21N/c1-13-9-14(2)19-17(10-13)11-16-12-18(16,3)15-7-5-4-6-8-15/h4-10,16H,11-12H2,1-3H3/t16-,18+/m1/s1. The first-order valence-corrected chi connectivity index (χ1v) is 7.07. The van der Waals surface area contributed by atoms with Crippen molar-refractivity contribution in [3.05, 3.63) is 65.0 Å². The van der Waals surface area contributed by atoms with Crippen LogP contribution in [-0.4, -0.2) is 4.98 Å². The molecule has 1 heterocycles. The van der Waals surface area contributed by atoms with Crippen LogP contribution >= 0.6 is 0 Å². The third-order valence-electron chi connectivity index (χ3n) is 4.45. The number of rotatable bonds is 3. The van der Waals surface area contributed by atoms with Crippen LogP contribution in [-0.2, 0) is 11.8 Å². The first-order chi connectivity index (χ1) is 9.08. The lowest BCUT2D eigenvalue weighted by molar-refractivity contribution is 0.647. The van der Waals surface area contributed by atoms with E-state index in [1.165, 1.54) is 23.2 Å². The first-order valence-electron chi connectivity index (χ1n) is 7.07. The van der Waals surface area contributed by atoms with Crippen LogP contribution in [0.15, 0.2) is 42.5 Å². The van der Waals surface area contributed by atoms with Gasteiger partial charge in [-0.05, 0) is 61.3 Å². The van der Waals surface area contributed by atoms with Crippen LogP contribution < -0.4 is 0 Å². The Morgan fingerprint density at radius 3 is 2.58 bits per heavy atom. The SMILES string of the molecule is Cc1cc(C)nc(C[C@@H]2C[C@@]2(C)c2ccccc2)c1. The van der Waals surface area contributed by atoms with E-state index < -0.39 is 0 Å². The molecule has 2 aromatic rings. The Labute approximate surface area is 115 Å². The molecular formula is C18H21N. The van der Waals surface area contributed by atoms with E-state index in [1.807, 2.05) is 0 Å². The summed E-state index contributed by atoms with van der Waals surface area (Å²) in [5.41, 5.74) is 5.55. The Morgan fingerprint density at radius 2 is 1.89 bits per heavy atom. The summed E-state index contributed by atoms with van der Waals surface area (Å²) < 4.78 is 0. The van der Waals surface area contributed by atoms with E-state index in [4.69, 9.17) is 0 Å². The maximum Gasteiger partial charge on any atom is 0.0412 e. The average Bonchev–Trinajstić information content (AvgIpc) is 3.01. The zero-order valence-electron chi connectivity index (χ0n) is 12.0. The maximum atomic E-state index is 4.67. The van der Waals surface area contributed by atoms with Crippen molar-refractivity contribution in [1.82, 2.24) is 4.98 Å². The Kier molecular flexibility index (Phi) is 2.93. The van der Waals surface area contributed by atoms with E-state index in [1.54, 1.807) is 0 Å². The summed E-state index contributed by atoms with van der Waals surface area (Å²) in [5.74, 6) is 0.739. The van der Waals surface area contributed by atoms with Crippen LogP contribution in [0.4, 0.5) is 0 Å². The Morgan fingerprint density at radius 1 is 1.16 bits per heavy atom. The molecule has 1 fully saturated rings. The predicted molar refractivity (Wildman–Crippen MR) is 79.3 cm³/mol. The van der Waals surface area contributed by atoms with Gasteiger partial charge in [0.25, 0.3) is 0 Å². The normalized spacial score (nSPS) is 25.3. The van der Waals surface area contributed by atoms with Crippen molar-refractivity contribution in [2.45, 2.75) is 39.0 Å². The van der Waals surface area contributed by atoms with Gasteiger partial charge in [-0.3, -0.25) is 4.98 Å². The highest BCUT2D eigenvalue weighted by molar-refractivity contribution is 5.33. The van der Waals surface area contributed by atoms with Crippen molar-refractivity contribution in [3.63, 3.8) is 0 Å². The monoisotopic (exact) mass is 251 g/mol. The van der Waals surface area contributed by atoms with Crippen LogP contribution in [0.5, 0.6) is 0 Å². The van der Waals surface area contributed by atoms with Gasteiger partial charge in [0.1, 0.15) is 0 Å². The summed E-state index contributed by atoms with van der Waals surface area (Å²) in [4.78, 5) is 4.67. The van der Waals surface area contributed by atoms with Gasteiger partial charge >= 0.3 is 0 Å². The van der Waals surface area contributed by atoms with Crippen molar-refractivity contribution >= 4 is 0 Å². The molecule has 1 nitrogen and oxygen atoms in total. The van der Waals surface area contributed by atoms with E-state index in [-0.39, 0.29) is 0 Å². The third-order valence-corrected chi connectivity index (χ3v) is 4.45. The molecule has 0 spiro atoms. The molecule has 19 heavy (non-hydrogen) atoms. The van der Waals surface area contributed by atoms with Crippen molar-refractivity contribution in [3.8, 4) is 0 Å². The molecule has 0 radical (unpaired) electrons. The number of aromatic nitrogens is 1. The van der Waals surface area contributed by atoms with Crippen molar-refractivity contribution in [2.75, 3.05) is 0 Å². The second-order valence-electron chi connectivity index (χ2n) is 6.17. The van der Waals surface area contributed by atoms with Gasteiger partial charge in [0.2, 0.25) is 0 Å². The van der Waals surface area contributed by atoms with Gasteiger partial charge in [0.05, 0.1) is 0 Å². The van der Waals surface area contributed by atoms with Gasteiger partial charge in [0, 0.05) is 11.4 Å². The minimum absolute atomic E-state index is 0.362. The van der Waals surface area contributed by atoms with Crippen molar-refractivity contribution in [1.29, 1.82) is 0 Å². The second-order valence-corrected chi connectivity index (χ2v) is 6.17. The lowest BCUT2D eigenvalue weighted by Gasteiger charge is -2.12. The topological polar surface area (TPSA) is 12.9 Å². The van der Waals surface area contributed by atoms with E-state index in [0.29, 0.717) is 5.41 Å². The fourth-order valence-corrected chi connectivity index (χ4v) is 3.20. The lowest BCUT2D eigenvalue weighted by Crippen LogP contribution is -2.07. The molecule has 0 bridgehead atoms. The molecule has 3 rings (SSSR count). The van der Waals surface area contributed by atoms with E-state index >= 15 is 0 Å². The molecular weight excluding hydrogens is 230 g/mol. The maximum absolute atomic E-state index is 4.67. The summed E-state index contributed by atoms with van der Waals surface area (Å²) in [6.45, 7) is 6.62. The molecule has 1 heteroatoms. The smallest absolute Gasteiger partial charge is 0.0412 e. The zero-order valence-corrected chi connectivity index (χ0v) is 12.0. The summed E-state index contributed by atoms with van der Waals surface area (Å²) >= 11 is 0. The Bertz CT molecular complexity index is 568. The van der Waals surface area contributed by atoms with Crippen molar-refractivity contribution in [2.24, 2.45) is 5.92 Å². The molecule has 0 N–H and O–H groups in total. The minimum atomic E-state index is 0.362. The highest BCUT2D eigenvalue weighted by Gasteiger charge is 2.50. The number of hydrogen-bond donors (Lipinski definition) is 0. The molecule has 2 atom stereocenters. The van der Waals surface area contributed by atoms with Gasteiger partial charge in [0.15, 0.2) is 0 Å². The van der Waals surface area contributed by atoms with Gasteiger partial charge in [-0.15, -0.1) is 0 Å². The molecule has 0 amide bonds. The number of nitrogens with zero attached hydrogens (tertiary/aromatic N) is 1. The van der Waals surface area contributed by atoms with E-state index in [2.05, 4.69) is 68.2 Å². The quantitative estimate of drug-likeness (QED) is 0.796. The molecule has 1 aliphatic carbocycles.